The first kappa shape index (κ1) is 16.1. The normalized spacial score (nSPS) is 15.0. The Labute approximate surface area is 143 Å². The lowest BCUT2D eigenvalue weighted by Gasteiger charge is -2.22. The molecule has 1 aromatic carbocycles. The fourth-order valence-corrected chi connectivity index (χ4v) is 4.22. The van der Waals surface area contributed by atoms with Crippen LogP contribution in [0.15, 0.2) is 40.6 Å². The van der Waals surface area contributed by atoms with Crippen LogP contribution in [0, 0.1) is 5.92 Å². The number of nitrogens with one attached hydrogen (secondary N) is 2. The highest BCUT2D eigenvalue weighted by molar-refractivity contribution is 8.00. The summed E-state index contributed by atoms with van der Waals surface area (Å²) < 4.78 is 0. The fraction of sp³-hybridized carbons (Fsp3) is 0.294. The third-order valence-electron chi connectivity index (χ3n) is 3.68. The molecule has 1 aliphatic heterocycles. The van der Waals surface area contributed by atoms with Crippen molar-refractivity contribution in [3.8, 4) is 0 Å². The Morgan fingerprint density at radius 1 is 1.30 bits per heavy atom. The van der Waals surface area contributed by atoms with Crippen molar-refractivity contribution >= 4 is 40.6 Å². The van der Waals surface area contributed by atoms with E-state index in [-0.39, 0.29) is 17.9 Å². The molecule has 4 nitrogen and oxygen atoms in total. The molecule has 6 heteroatoms. The summed E-state index contributed by atoms with van der Waals surface area (Å²) in [6.45, 7) is 4.18. The maximum absolute atomic E-state index is 12.6. The SMILES string of the molecule is CC(C)[C@@H](NC(=O)c1ccc2c(c1)NC(=O)CS2)c1cccs1. The molecule has 1 atom stereocenters. The van der Waals surface area contributed by atoms with Crippen LogP contribution in [0.5, 0.6) is 0 Å². The van der Waals surface area contributed by atoms with Gasteiger partial charge in [-0.1, -0.05) is 19.9 Å². The molecule has 2 amide bonds. The van der Waals surface area contributed by atoms with Crippen molar-refractivity contribution in [2.75, 3.05) is 11.1 Å². The molecule has 0 saturated heterocycles. The number of carbonyl (C=O) groups is 2. The topological polar surface area (TPSA) is 58.2 Å². The fourth-order valence-electron chi connectivity index (χ4n) is 2.48. The number of rotatable bonds is 4. The predicted molar refractivity (Wildman–Crippen MR) is 95.2 cm³/mol. The minimum absolute atomic E-state index is 0.0116. The van der Waals surface area contributed by atoms with Crippen molar-refractivity contribution in [2.45, 2.75) is 24.8 Å². The smallest absolute Gasteiger partial charge is 0.251 e. The van der Waals surface area contributed by atoms with Gasteiger partial charge in [0.15, 0.2) is 0 Å². The molecule has 0 spiro atoms. The Balaban J connectivity index is 1.80. The average molecular weight is 346 g/mol. The second-order valence-corrected chi connectivity index (χ2v) is 7.75. The predicted octanol–water partition coefficient (Wildman–Crippen LogP) is 3.92. The highest BCUT2D eigenvalue weighted by atomic mass is 32.2. The third kappa shape index (κ3) is 3.59. The molecule has 2 N–H and O–H groups in total. The Morgan fingerprint density at radius 2 is 2.13 bits per heavy atom. The number of thiophene rings is 1. The number of carbonyl (C=O) groups excluding carboxylic acids is 2. The van der Waals surface area contributed by atoms with Gasteiger partial charge in [-0.25, -0.2) is 0 Å². The van der Waals surface area contributed by atoms with Gasteiger partial charge in [0.1, 0.15) is 0 Å². The van der Waals surface area contributed by atoms with Crippen molar-refractivity contribution in [2.24, 2.45) is 5.92 Å². The number of anilines is 1. The van der Waals surface area contributed by atoms with E-state index in [1.807, 2.05) is 29.6 Å². The summed E-state index contributed by atoms with van der Waals surface area (Å²) in [6, 6.07) is 9.48. The molecule has 23 heavy (non-hydrogen) atoms. The maximum atomic E-state index is 12.6. The van der Waals surface area contributed by atoms with Gasteiger partial charge in [0, 0.05) is 15.3 Å². The minimum atomic E-state index is -0.121. The van der Waals surface area contributed by atoms with Crippen molar-refractivity contribution in [1.29, 1.82) is 0 Å². The van der Waals surface area contributed by atoms with E-state index in [9.17, 15) is 9.59 Å². The van der Waals surface area contributed by atoms with Crippen molar-refractivity contribution in [3.63, 3.8) is 0 Å². The molecule has 1 aromatic heterocycles. The second kappa shape index (κ2) is 6.76. The third-order valence-corrected chi connectivity index (χ3v) is 5.71. The molecule has 120 valence electrons. The zero-order valence-electron chi connectivity index (χ0n) is 13.0. The Bertz CT molecular complexity index is 726. The van der Waals surface area contributed by atoms with Crippen LogP contribution in [-0.2, 0) is 4.79 Å². The van der Waals surface area contributed by atoms with Crippen LogP contribution in [0.1, 0.15) is 35.1 Å². The van der Waals surface area contributed by atoms with E-state index in [1.54, 1.807) is 17.4 Å². The number of hydrogen-bond donors (Lipinski definition) is 2. The Morgan fingerprint density at radius 3 is 2.83 bits per heavy atom. The van der Waals surface area contributed by atoms with E-state index in [1.165, 1.54) is 11.8 Å². The number of fused-ring (bicyclic) bond motifs is 1. The molecule has 0 aliphatic carbocycles. The van der Waals surface area contributed by atoms with E-state index in [0.717, 1.165) is 15.5 Å². The van der Waals surface area contributed by atoms with E-state index in [0.29, 0.717) is 17.2 Å². The molecule has 0 fully saturated rings. The zero-order valence-corrected chi connectivity index (χ0v) is 14.6. The minimum Gasteiger partial charge on any atom is -0.344 e. The van der Waals surface area contributed by atoms with Crippen molar-refractivity contribution in [1.82, 2.24) is 5.32 Å². The molecule has 2 aromatic rings. The standard InChI is InChI=1S/C17H18N2O2S2/c1-10(2)16(14-4-3-7-22-14)19-17(21)11-5-6-13-12(8-11)18-15(20)9-23-13/h3-8,10,16H,9H2,1-2H3,(H,18,20)(H,19,21)/t16-/m1/s1. The summed E-state index contributed by atoms with van der Waals surface area (Å²) in [4.78, 5) is 26.2. The lowest BCUT2D eigenvalue weighted by molar-refractivity contribution is -0.113. The van der Waals surface area contributed by atoms with Gasteiger partial charge in [0.05, 0.1) is 17.5 Å². The van der Waals surface area contributed by atoms with Gasteiger partial charge < -0.3 is 10.6 Å². The number of hydrogen-bond acceptors (Lipinski definition) is 4. The summed E-state index contributed by atoms with van der Waals surface area (Å²) in [5.41, 5.74) is 1.28. The quantitative estimate of drug-likeness (QED) is 0.882. The Kier molecular flexibility index (Phi) is 4.73. The van der Waals surface area contributed by atoms with E-state index in [4.69, 9.17) is 0 Å². The molecule has 0 radical (unpaired) electrons. The molecular weight excluding hydrogens is 328 g/mol. The molecule has 0 bridgehead atoms. The average Bonchev–Trinajstić information content (AvgIpc) is 3.05. The summed E-state index contributed by atoms with van der Waals surface area (Å²) in [5.74, 6) is 0.570. The van der Waals surface area contributed by atoms with Crippen molar-refractivity contribution < 1.29 is 9.59 Å². The summed E-state index contributed by atoms with van der Waals surface area (Å²) in [6.07, 6.45) is 0. The molecule has 3 rings (SSSR count). The second-order valence-electron chi connectivity index (χ2n) is 5.76. The van der Waals surface area contributed by atoms with Gasteiger partial charge in [-0.3, -0.25) is 9.59 Å². The van der Waals surface area contributed by atoms with Crippen LogP contribution in [-0.4, -0.2) is 17.6 Å². The first-order chi connectivity index (χ1) is 11.0. The summed E-state index contributed by atoms with van der Waals surface area (Å²) in [5, 5.41) is 7.94. The van der Waals surface area contributed by atoms with Gasteiger partial charge in [0.2, 0.25) is 5.91 Å². The lowest BCUT2D eigenvalue weighted by Crippen LogP contribution is -2.31. The molecule has 2 heterocycles. The summed E-state index contributed by atoms with van der Waals surface area (Å²) in [7, 11) is 0. The highest BCUT2D eigenvalue weighted by Crippen LogP contribution is 2.32. The first-order valence-corrected chi connectivity index (χ1v) is 9.32. The van der Waals surface area contributed by atoms with Crippen LogP contribution in [0.4, 0.5) is 5.69 Å². The number of amides is 2. The van der Waals surface area contributed by atoms with Crippen molar-refractivity contribution in [3.05, 3.63) is 46.2 Å². The van der Waals surface area contributed by atoms with Gasteiger partial charge in [0.25, 0.3) is 5.91 Å². The summed E-state index contributed by atoms with van der Waals surface area (Å²) >= 11 is 3.14. The molecule has 0 unspecified atom stereocenters. The van der Waals surface area contributed by atoms with Crippen LogP contribution >= 0.6 is 23.1 Å². The largest absolute Gasteiger partial charge is 0.344 e. The van der Waals surface area contributed by atoms with E-state index < -0.39 is 0 Å². The molecule has 0 saturated carbocycles. The Hall–Kier alpha value is -1.79. The van der Waals surface area contributed by atoms with Crippen LogP contribution in [0.25, 0.3) is 0 Å². The van der Waals surface area contributed by atoms with Gasteiger partial charge >= 0.3 is 0 Å². The zero-order chi connectivity index (χ0) is 16.4. The molecule has 1 aliphatic rings. The first-order valence-electron chi connectivity index (χ1n) is 7.45. The number of benzene rings is 1. The van der Waals surface area contributed by atoms with E-state index >= 15 is 0 Å². The monoisotopic (exact) mass is 346 g/mol. The van der Waals surface area contributed by atoms with Gasteiger partial charge in [-0.2, -0.15) is 0 Å². The highest BCUT2D eigenvalue weighted by Gasteiger charge is 2.22. The van der Waals surface area contributed by atoms with Crippen LogP contribution in [0.3, 0.4) is 0 Å². The molecular formula is C17H18N2O2S2. The van der Waals surface area contributed by atoms with Crippen LogP contribution < -0.4 is 10.6 Å². The van der Waals surface area contributed by atoms with Crippen LogP contribution in [0.2, 0.25) is 0 Å². The van der Waals surface area contributed by atoms with Gasteiger partial charge in [-0.05, 0) is 35.6 Å². The lowest BCUT2D eigenvalue weighted by atomic mass is 10.0. The van der Waals surface area contributed by atoms with Gasteiger partial charge in [-0.15, -0.1) is 23.1 Å². The number of thioether (sulfide) groups is 1. The maximum Gasteiger partial charge on any atom is 0.251 e. The van der Waals surface area contributed by atoms with E-state index in [2.05, 4.69) is 24.5 Å².